The van der Waals surface area contributed by atoms with Crippen LogP contribution in [-0.4, -0.2) is 9.94 Å². The van der Waals surface area contributed by atoms with E-state index < -0.39 is 5.56 Å². The summed E-state index contributed by atoms with van der Waals surface area (Å²) in [5, 5.41) is 17.6. The van der Waals surface area contributed by atoms with Crippen LogP contribution in [0.4, 0.5) is 0 Å². The lowest BCUT2D eigenvalue weighted by atomic mass is 10.1. The van der Waals surface area contributed by atoms with Crippen LogP contribution in [0, 0.1) is 25.2 Å². The molecule has 1 rings (SSSR count). The summed E-state index contributed by atoms with van der Waals surface area (Å²) < 4.78 is 0.478. The third-order valence-corrected chi connectivity index (χ3v) is 1.67. The standard InChI is InChI=1S/C8H8N2O2/c1-5-3-6(2)10(12)8(11)7(5)4-9/h3,12H,1-2H3. The average molecular weight is 164 g/mol. The molecule has 0 spiro atoms. The van der Waals surface area contributed by atoms with Crippen LogP contribution in [0.2, 0.25) is 0 Å². The molecule has 62 valence electrons. The Morgan fingerprint density at radius 2 is 2.17 bits per heavy atom. The van der Waals surface area contributed by atoms with Gasteiger partial charge in [-0.1, -0.05) is 0 Å². The van der Waals surface area contributed by atoms with Crippen molar-refractivity contribution in [3.05, 3.63) is 33.2 Å². The molecule has 0 radical (unpaired) electrons. The molecule has 0 bridgehead atoms. The topological polar surface area (TPSA) is 66.0 Å². The second kappa shape index (κ2) is 2.70. The van der Waals surface area contributed by atoms with Crippen LogP contribution in [-0.2, 0) is 0 Å². The maximum atomic E-state index is 11.1. The molecule has 0 aromatic carbocycles. The van der Waals surface area contributed by atoms with Crippen LogP contribution in [0.1, 0.15) is 16.8 Å². The van der Waals surface area contributed by atoms with Gasteiger partial charge in [0.05, 0.1) is 5.69 Å². The molecule has 4 heteroatoms. The van der Waals surface area contributed by atoms with Gasteiger partial charge in [-0.05, 0) is 25.5 Å². The molecule has 0 fully saturated rings. The number of nitriles is 1. The van der Waals surface area contributed by atoms with Crippen LogP contribution in [0.25, 0.3) is 0 Å². The first kappa shape index (κ1) is 8.34. The Morgan fingerprint density at radius 3 is 2.67 bits per heavy atom. The molecule has 12 heavy (non-hydrogen) atoms. The van der Waals surface area contributed by atoms with E-state index in [0.717, 1.165) is 0 Å². The van der Waals surface area contributed by atoms with E-state index in [4.69, 9.17) is 10.5 Å². The normalized spacial score (nSPS) is 9.42. The van der Waals surface area contributed by atoms with Crippen LogP contribution in [0.15, 0.2) is 10.9 Å². The minimum absolute atomic E-state index is 0.0110. The van der Waals surface area contributed by atoms with E-state index in [-0.39, 0.29) is 5.56 Å². The first-order valence-electron chi connectivity index (χ1n) is 3.40. The Bertz CT molecular complexity index is 412. The lowest BCUT2D eigenvalue weighted by Gasteiger charge is -2.03. The zero-order chi connectivity index (χ0) is 9.30. The number of aromatic nitrogens is 1. The second-order valence-corrected chi connectivity index (χ2v) is 2.57. The first-order valence-corrected chi connectivity index (χ1v) is 3.40. The van der Waals surface area contributed by atoms with Gasteiger partial charge in [0.15, 0.2) is 0 Å². The van der Waals surface area contributed by atoms with Crippen molar-refractivity contribution in [3.63, 3.8) is 0 Å². The summed E-state index contributed by atoms with van der Waals surface area (Å²) in [6, 6.07) is 3.32. The minimum atomic E-state index is -0.657. The summed E-state index contributed by atoms with van der Waals surface area (Å²) in [5.41, 5.74) is 0.347. The van der Waals surface area contributed by atoms with E-state index >= 15 is 0 Å². The summed E-state index contributed by atoms with van der Waals surface area (Å²) in [5.74, 6) is 0. The fraction of sp³-hybridized carbons (Fsp3) is 0.250. The van der Waals surface area contributed by atoms with Gasteiger partial charge in [-0.15, -0.1) is 0 Å². The fourth-order valence-electron chi connectivity index (χ4n) is 1.02. The van der Waals surface area contributed by atoms with E-state index in [9.17, 15) is 4.79 Å². The molecule has 0 saturated carbocycles. The molecule has 1 heterocycles. The monoisotopic (exact) mass is 164 g/mol. The number of rotatable bonds is 0. The lowest BCUT2D eigenvalue weighted by molar-refractivity contribution is 0.167. The van der Waals surface area contributed by atoms with Gasteiger partial charge < -0.3 is 5.21 Å². The minimum Gasteiger partial charge on any atom is -0.425 e. The molecule has 0 aliphatic heterocycles. The molecule has 0 amide bonds. The van der Waals surface area contributed by atoms with E-state index in [2.05, 4.69) is 0 Å². The average Bonchev–Trinajstić information content (AvgIpc) is 2.01. The number of pyridine rings is 1. The summed E-state index contributed by atoms with van der Waals surface area (Å²) in [6.45, 7) is 3.25. The SMILES string of the molecule is Cc1cc(C)n(O)c(=O)c1C#N. The molecule has 4 nitrogen and oxygen atoms in total. The van der Waals surface area contributed by atoms with Gasteiger partial charge in [-0.2, -0.15) is 9.99 Å². The largest absolute Gasteiger partial charge is 0.425 e. The van der Waals surface area contributed by atoms with Crippen molar-refractivity contribution in [2.24, 2.45) is 0 Å². The predicted octanol–water partition coefficient (Wildman–Crippen LogP) is 0.574. The third-order valence-electron chi connectivity index (χ3n) is 1.67. The molecular weight excluding hydrogens is 156 g/mol. The van der Waals surface area contributed by atoms with Crippen molar-refractivity contribution in [3.8, 4) is 6.07 Å². The maximum absolute atomic E-state index is 11.1. The quantitative estimate of drug-likeness (QED) is 0.570. The van der Waals surface area contributed by atoms with Gasteiger partial charge in [0, 0.05) is 0 Å². The molecule has 0 unspecified atom stereocenters. The van der Waals surface area contributed by atoms with Crippen molar-refractivity contribution in [1.29, 1.82) is 5.26 Å². The van der Waals surface area contributed by atoms with Gasteiger partial charge in [-0.3, -0.25) is 4.79 Å². The van der Waals surface area contributed by atoms with Crippen molar-refractivity contribution in [1.82, 2.24) is 4.73 Å². The molecule has 1 aromatic rings. The van der Waals surface area contributed by atoms with Crippen molar-refractivity contribution in [2.75, 3.05) is 0 Å². The van der Waals surface area contributed by atoms with Gasteiger partial charge in [0.2, 0.25) is 0 Å². The fourth-order valence-corrected chi connectivity index (χ4v) is 1.02. The highest BCUT2D eigenvalue weighted by Crippen LogP contribution is 2.02. The molecule has 0 aliphatic rings. The summed E-state index contributed by atoms with van der Waals surface area (Å²) in [7, 11) is 0. The first-order chi connectivity index (χ1) is 5.57. The Kier molecular flexibility index (Phi) is 1.88. The zero-order valence-corrected chi connectivity index (χ0v) is 6.83. The van der Waals surface area contributed by atoms with Gasteiger partial charge in [-0.25, -0.2) is 0 Å². The molecule has 1 N–H and O–H groups in total. The van der Waals surface area contributed by atoms with E-state index in [0.29, 0.717) is 16.0 Å². The number of nitrogens with zero attached hydrogens (tertiary/aromatic N) is 2. The summed E-state index contributed by atoms with van der Waals surface area (Å²) in [4.78, 5) is 11.1. The van der Waals surface area contributed by atoms with Crippen LogP contribution >= 0.6 is 0 Å². The molecule has 1 aromatic heterocycles. The van der Waals surface area contributed by atoms with E-state index in [1.54, 1.807) is 26.0 Å². The molecular formula is C8H8N2O2. The van der Waals surface area contributed by atoms with Gasteiger partial charge in [0.1, 0.15) is 11.6 Å². The van der Waals surface area contributed by atoms with E-state index in [1.165, 1.54) is 0 Å². The highest BCUT2D eigenvalue weighted by Gasteiger charge is 2.07. The second-order valence-electron chi connectivity index (χ2n) is 2.57. The van der Waals surface area contributed by atoms with E-state index in [1.807, 2.05) is 0 Å². The van der Waals surface area contributed by atoms with Crippen molar-refractivity contribution >= 4 is 0 Å². The third kappa shape index (κ3) is 1.05. The Balaban J connectivity index is 3.66. The highest BCUT2D eigenvalue weighted by molar-refractivity contribution is 5.35. The highest BCUT2D eigenvalue weighted by atomic mass is 16.5. The maximum Gasteiger partial charge on any atom is 0.301 e. The Labute approximate surface area is 69.3 Å². The Morgan fingerprint density at radius 1 is 1.58 bits per heavy atom. The molecule has 0 aliphatic carbocycles. The summed E-state index contributed by atoms with van der Waals surface area (Å²) >= 11 is 0. The van der Waals surface area contributed by atoms with Gasteiger partial charge >= 0.3 is 5.56 Å². The number of aryl methyl sites for hydroxylation is 2. The van der Waals surface area contributed by atoms with Crippen LogP contribution in [0.5, 0.6) is 0 Å². The smallest absolute Gasteiger partial charge is 0.301 e. The van der Waals surface area contributed by atoms with Crippen molar-refractivity contribution < 1.29 is 5.21 Å². The molecule has 0 atom stereocenters. The Hall–Kier alpha value is -1.76. The molecule has 0 saturated heterocycles. The van der Waals surface area contributed by atoms with Crippen molar-refractivity contribution in [2.45, 2.75) is 13.8 Å². The predicted molar refractivity (Wildman–Crippen MR) is 42.1 cm³/mol. The van der Waals surface area contributed by atoms with Crippen LogP contribution in [0.3, 0.4) is 0 Å². The zero-order valence-electron chi connectivity index (χ0n) is 6.83. The number of hydrogen-bond acceptors (Lipinski definition) is 3. The summed E-state index contributed by atoms with van der Waals surface area (Å²) in [6.07, 6.45) is 0. The van der Waals surface area contributed by atoms with Gasteiger partial charge in [0.25, 0.3) is 0 Å². The van der Waals surface area contributed by atoms with Crippen LogP contribution < -0.4 is 5.56 Å². The lowest BCUT2D eigenvalue weighted by Crippen LogP contribution is -2.23. The number of hydrogen-bond donors (Lipinski definition) is 1.